The summed E-state index contributed by atoms with van der Waals surface area (Å²) in [7, 11) is 0. The highest BCUT2D eigenvalue weighted by Gasteiger charge is 2.19. The predicted molar refractivity (Wildman–Crippen MR) is 207 cm³/mol. The van der Waals surface area contributed by atoms with Gasteiger partial charge in [-0.25, -0.2) is 15.0 Å². The third-order valence-electron chi connectivity index (χ3n) is 9.75. The summed E-state index contributed by atoms with van der Waals surface area (Å²) < 4.78 is 2.52. The molecule has 49 heavy (non-hydrogen) atoms. The van der Waals surface area contributed by atoms with Gasteiger partial charge in [0, 0.05) is 37.2 Å². The summed E-state index contributed by atoms with van der Waals surface area (Å²) in [5.41, 5.74) is 9.74. The standard InChI is InChI=1S/C45H35N3S/c1-4-12-30(13-5-1)32-22-24-34(25-23-32)44-46-43(33-16-8-3-9-17-33)47-45(48-44)37-26-27-39-41(29-37)49-40-21-11-20-38(42(39)40)36-19-10-18-35(28-36)31-14-6-2-7-15-31/h1,3-4,6,8-12,14-16,18-29,33H,2,5,7,13,17H2. The lowest BCUT2D eigenvalue weighted by atomic mass is 9.94. The second-order valence-electron chi connectivity index (χ2n) is 12.9. The van der Waals surface area contributed by atoms with Gasteiger partial charge in [-0.15, -0.1) is 11.3 Å². The summed E-state index contributed by atoms with van der Waals surface area (Å²) in [5.74, 6) is 2.36. The first kappa shape index (κ1) is 29.7. The van der Waals surface area contributed by atoms with Gasteiger partial charge < -0.3 is 0 Å². The van der Waals surface area contributed by atoms with Crippen LogP contribution < -0.4 is 0 Å². The van der Waals surface area contributed by atoms with Crippen molar-refractivity contribution in [3.63, 3.8) is 0 Å². The maximum absolute atomic E-state index is 5.09. The first-order chi connectivity index (χ1) is 24.3. The molecule has 0 saturated heterocycles. The fourth-order valence-electron chi connectivity index (χ4n) is 7.16. The van der Waals surface area contributed by atoms with Gasteiger partial charge >= 0.3 is 0 Å². The Kier molecular flexibility index (Phi) is 7.79. The predicted octanol–water partition coefficient (Wildman–Crippen LogP) is 12.3. The van der Waals surface area contributed by atoms with Gasteiger partial charge in [0.1, 0.15) is 5.82 Å². The molecule has 2 heterocycles. The van der Waals surface area contributed by atoms with E-state index in [2.05, 4.69) is 146 Å². The molecule has 0 fully saturated rings. The second kappa shape index (κ2) is 12.9. The van der Waals surface area contributed by atoms with Crippen LogP contribution in [0, 0.1) is 0 Å². The molecule has 0 radical (unpaired) electrons. The van der Waals surface area contributed by atoms with Gasteiger partial charge in [-0.1, -0.05) is 127 Å². The van der Waals surface area contributed by atoms with Crippen LogP contribution in [0.25, 0.3) is 65.2 Å². The Labute approximate surface area is 291 Å². The van der Waals surface area contributed by atoms with Crippen LogP contribution in [0.4, 0.5) is 0 Å². The Balaban J connectivity index is 1.12. The molecule has 9 rings (SSSR count). The lowest BCUT2D eigenvalue weighted by Crippen LogP contribution is -2.07. The number of allylic oxidation sites excluding steroid dienone is 12. The van der Waals surface area contributed by atoms with Crippen LogP contribution in [0.2, 0.25) is 0 Å². The van der Waals surface area contributed by atoms with Gasteiger partial charge in [-0.3, -0.25) is 0 Å². The van der Waals surface area contributed by atoms with E-state index in [4.69, 9.17) is 15.0 Å². The van der Waals surface area contributed by atoms with Gasteiger partial charge in [-0.2, -0.15) is 0 Å². The van der Waals surface area contributed by atoms with Crippen LogP contribution in [0.15, 0.2) is 146 Å². The summed E-state index contributed by atoms with van der Waals surface area (Å²) in [6.07, 6.45) is 27.3. The fourth-order valence-corrected chi connectivity index (χ4v) is 8.34. The highest BCUT2D eigenvalue weighted by Crippen LogP contribution is 2.42. The molecule has 1 unspecified atom stereocenters. The van der Waals surface area contributed by atoms with E-state index in [9.17, 15) is 0 Å². The van der Waals surface area contributed by atoms with E-state index in [1.54, 1.807) is 0 Å². The Hall–Kier alpha value is -5.45. The van der Waals surface area contributed by atoms with Gasteiger partial charge in [0.15, 0.2) is 11.6 Å². The van der Waals surface area contributed by atoms with Crippen LogP contribution in [0.5, 0.6) is 0 Å². The topological polar surface area (TPSA) is 38.7 Å². The first-order valence-electron chi connectivity index (χ1n) is 17.3. The molecular formula is C45H35N3S. The van der Waals surface area contributed by atoms with Crippen LogP contribution in [0.1, 0.15) is 55.0 Å². The maximum Gasteiger partial charge on any atom is 0.163 e. The summed E-state index contributed by atoms with van der Waals surface area (Å²) in [4.78, 5) is 15.2. The molecule has 0 aliphatic heterocycles. The lowest BCUT2D eigenvalue weighted by Gasteiger charge is -2.15. The average Bonchev–Trinajstić information content (AvgIpc) is 3.57. The molecule has 4 aromatic carbocycles. The molecule has 4 heteroatoms. The highest BCUT2D eigenvalue weighted by atomic mass is 32.1. The van der Waals surface area contributed by atoms with Crippen molar-refractivity contribution >= 4 is 42.7 Å². The van der Waals surface area contributed by atoms with Gasteiger partial charge in [-0.05, 0) is 83.7 Å². The van der Waals surface area contributed by atoms with E-state index in [1.165, 1.54) is 53.6 Å². The van der Waals surface area contributed by atoms with Crippen molar-refractivity contribution in [3.8, 4) is 33.9 Å². The number of aromatic nitrogens is 3. The highest BCUT2D eigenvalue weighted by molar-refractivity contribution is 7.26. The number of thiophene rings is 1. The number of nitrogens with zero attached hydrogens (tertiary/aromatic N) is 3. The summed E-state index contributed by atoms with van der Waals surface area (Å²) in [6.45, 7) is 0. The average molecular weight is 650 g/mol. The quantitative estimate of drug-likeness (QED) is 0.180. The van der Waals surface area contributed by atoms with E-state index >= 15 is 0 Å². The van der Waals surface area contributed by atoms with Gasteiger partial charge in [0.2, 0.25) is 0 Å². The molecule has 0 bridgehead atoms. The Morgan fingerprint density at radius 3 is 2.27 bits per heavy atom. The molecule has 0 amide bonds. The van der Waals surface area contributed by atoms with Crippen molar-refractivity contribution in [2.24, 2.45) is 0 Å². The van der Waals surface area contributed by atoms with Crippen LogP contribution in [0.3, 0.4) is 0 Å². The number of hydrogen-bond acceptors (Lipinski definition) is 4. The lowest BCUT2D eigenvalue weighted by molar-refractivity contribution is 0.764. The molecule has 0 spiro atoms. The maximum atomic E-state index is 5.09. The van der Waals surface area contributed by atoms with E-state index < -0.39 is 0 Å². The van der Waals surface area contributed by atoms with Crippen LogP contribution in [-0.4, -0.2) is 15.0 Å². The minimum absolute atomic E-state index is 0.121. The Bertz CT molecular complexity index is 2420. The molecule has 3 aliphatic rings. The largest absolute Gasteiger partial charge is 0.212 e. The Morgan fingerprint density at radius 1 is 0.612 bits per heavy atom. The van der Waals surface area contributed by atoms with Crippen molar-refractivity contribution in [1.29, 1.82) is 0 Å². The van der Waals surface area contributed by atoms with Crippen molar-refractivity contribution in [1.82, 2.24) is 15.0 Å². The van der Waals surface area contributed by atoms with Gasteiger partial charge in [0.25, 0.3) is 0 Å². The molecule has 1 atom stereocenters. The molecule has 3 aliphatic carbocycles. The Morgan fingerprint density at radius 2 is 1.45 bits per heavy atom. The minimum atomic E-state index is 0.121. The third kappa shape index (κ3) is 5.83. The number of rotatable bonds is 6. The molecule has 6 aromatic rings. The van der Waals surface area contributed by atoms with Crippen molar-refractivity contribution < 1.29 is 0 Å². The monoisotopic (exact) mass is 649 g/mol. The number of benzene rings is 4. The van der Waals surface area contributed by atoms with Crippen molar-refractivity contribution in [2.45, 2.75) is 38.0 Å². The molecule has 3 nitrogen and oxygen atoms in total. The van der Waals surface area contributed by atoms with Crippen molar-refractivity contribution in [3.05, 3.63) is 163 Å². The normalized spacial score (nSPS) is 17.1. The molecular weight excluding hydrogens is 615 g/mol. The second-order valence-corrected chi connectivity index (χ2v) is 14.0. The zero-order valence-corrected chi connectivity index (χ0v) is 28.0. The third-order valence-corrected chi connectivity index (χ3v) is 10.9. The summed E-state index contributed by atoms with van der Waals surface area (Å²) >= 11 is 1.84. The van der Waals surface area contributed by atoms with Crippen molar-refractivity contribution in [2.75, 3.05) is 0 Å². The molecule has 0 saturated carbocycles. The fraction of sp³-hybridized carbons (Fsp3) is 0.133. The summed E-state index contributed by atoms with van der Waals surface area (Å²) in [6, 6.07) is 31.1. The van der Waals surface area contributed by atoms with Crippen LogP contribution in [-0.2, 0) is 0 Å². The van der Waals surface area contributed by atoms with E-state index in [0.717, 1.165) is 49.1 Å². The summed E-state index contributed by atoms with van der Waals surface area (Å²) in [5, 5.41) is 2.57. The van der Waals surface area contributed by atoms with E-state index in [0.29, 0.717) is 11.6 Å². The number of hydrogen-bond donors (Lipinski definition) is 0. The molecule has 0 N–H and O–H groups in total. The first-order valence-corrected chi connectivity index (χ1v) is 18.1. The minimum Gasteiger partial charge on any atom is -0.212 e. The smallest absolute Gasteiger partial charge is 0.163 e. The SMILES string of the molecule is C1=CCCC(c2ccc(-c3nc(-c4ccc5c(c4)sc4cccc(-c6cccc(C7=CCCC=C7)c6)c45)nc(C4C=CC=CC4)n3)cc2)=C1. The number of fused-ring (bicyclic) bond motifs is 3. The van der Waals surface area contributed by atoms with E-state index in [-0.39, 0.29) is 5.92 Å². The van der Waals surface area contributed by atoms with Crippen LogP contribution >= 0.6 is 11.3 Å². The zero-order valence-electron chi connectivity index (χ0n) is 27.2. The molecule has 2 aromatic heterocycles. The van der Waals surface area contributed by atoms with Gasteiger partial charge in [0.05, 0.1) is 0 Å². The molecule has 236 valence electrons. The zero-order chi connectivity index (χ0) is 32.6. The van der Waals surface area contributed by atoms with E-state index in [1.807, 2.05) is 11.3 Å².